The third kappa shape index (κ3) is 4.94. The normalized spacial score (nSPS) is 19.2. The third-order valence-electron chi connectivity index (χ3n) is 6.52. The van der Waals surface area contributed by atoms with Gasteiger partial charge in [-0.25, -0.2) is 4.39 Å². The summed E-state index contributed by atoms with van der Waals surface area (Å²) in [5.41, 5.74) is 1.56. The molecule has 1 saturated heterocycles. The van der Waals surface area contributed by atoms with E-state index < -0.39 is 5.41 Å². The third-order valence-corrected chi connectivity index (χ3v) is 6.52. The summed E-state index contributed by atoms with van der Waals surface area (Å²) < 4.78 is 13.3. The Morgan fingerprint density at radius 2 is 1.87 bits per heavy atom. The molecule has 2 heterocycles. The van der Waals surface area contributed by atoms with E-state index in [1.165, 1.54) is 25.0 Å². The molecule has 0 unspecified atom stereocenters. The summed E-state index contributed by atoms with van der Waals surface area (Å²) >= 11 is 0. The molecule has 0 bridgehead atoms. The SMILES string of the molecule is CC(C)(C(=O)N1CCC[C@@H](c2ccc(C(=O)NCC3CC3)cn2)C1)c1ccc(F)cc1. The van der Waals surface area contributed by atoms with Crippen molar-refractivity contribution >= 4 is 11.8 Å². The summed E-state index contributed by atoms with van der Waals surface area (Å²) in [6, 6.07) is 9.90. The van der Waals surface area contributed by atoms with Crippen LogP contribution in [0.4, 0.5) is 4.39 Å². The Bertz CT molecular complexity index is 936. The highest BCUT2D eigenvalue weighted by atomic mass is 19.1. The molecular formula is C25H30FN3O2. The van der Waals surface area contributed by atoms with Gasteiger partial charge in [0.05, 0.1) is 11.0 Å². The molecule has 1 aromatic heterocycles. The standard InChI is InChI=1S/C25H30FN3O2/c1-25(2,20-8-10-21(26)11-9-20)24(31)29-13-3-4-19(16-29)22-12-7-18(15-27-22)23(30)28-14-17-5-6-17/h7-12,15,17,19H,3-6,13-14,16H2,1-2H3,(H,28,30)/t19-/m1/s1. The zero-order chi connectivity index (χ0) is 22.0. The van der Waals surface area contributed by atoms with Crippen molar-refractivity contribution in [3.8, 4) is 0 Å². The van der Waals surface area contributed by atoms with Crippen molar-refractivity contribution in [1.82, 2.24) is 15.2 Å². The van der Waals surface area contributed by atoms with E-state index in [2.05, 4.69) is 10.3 Å². The van der Waals surface area contributed by atoms with Crippen LogP contribution in [0.2, 0.25) is 0 Å². The second kappa shape index (κ2) is 8.77. The molecular weight excluding hydrogens is 393 g/mol. The number of aromatic nitrogens is 1. The van der Waals surface area contributed by atoms with Crippen LogP contribution in [0.15, 0.2) is 42.6 Å². The number of amides is 2. The summed E-state index contributed by atoms with van der Waals surface area (Å²) in [6.07, 6.45) is 5.90. The first-order valence-corrected chi connectivity index (χ1v) is 11.1. The van der Waals surface area contributed by atoms with E-state index in [4.69, 9.17) is 0 Å². The Labute approximate surface area is 183 Å². The molecule has 1 aliphatic heterocycles. The predicted molar refractivity (Wildman–Crippen MR) is 117 cm³/mol. The Balaban J connectivity index is 1.41. The van der Waals surface area contributed by atoms with Crippen molar-refractivity contribution in [1.29, 1.82) is 0 Å². The topological polar surface area (TPSA) is 62.3 Å². The molecule has 1 aromatic carbocycles. The largest absolute Gasteiger partial charge is 0.352 e. The zero-order valence-corrected chi connectivity index (χ0v) is 18.2. The molecule has 0 spiro atoms. The molecule has 0 radical (unpaired) electrons. The summed E-state index contributed by atoms with van der Waals surface area (Å²) in [6.45, 7) is 5.83. The second-order valence-electron chi connectivity index (χ2n) is 9.35. The van der Waals surface area contributed by atoms with E-state index >= 15 is 0 Å². The smallest absolute Gasteiger partial charge is 0.252 e. The number of halogens is 1. The number of nitrogens with one attached hydrogen (secondary N) is 1. The van der Waals surface area contributed by atoms with Gasteiger partial charge in [-0.2, -0.15) is 0 Å². The minimum absolute atomic E-state index is 0.0416. The zero-order valence-electron chi connectivity index (χ0n) is 18.2. The molecule has 1 saturated carbocycles. The van der Waals surface area contributed by atoms with Crippen LogP contribution in [0.25, 0.3) is 0 Å². The van der Waals surface area contributed by atoms with Crippen LogP contribution in [0.3, 0.4) is 0 Å². The molecule has 31 heavy (non-hydrogen) atoms. The van der Waals surface area contributed by atoms with E-state index in [0.717, 1.165) is 30.6 Å². The number of benzene rings is 1. The fraction of sp³-hybridized carbons (Fsp3) is 0.480. The Hall–Kier alpha value is -2.76. The number of pyridine rings is 1. The van der Waals surface area contributed by atoms with Crippen LogP contribution < -0.4 is 5.32 Å². The molecule has 1 atom stereocenters. The quantitative estimate of drug-likeness (QED) is 0.763. The van der Waals surface area contributed by atoms with Crippen LogP contribution in [0, 0.1) is 11.7 Å². The Morgan fingerprint density at radius 3 is 2.52 bits per heavy atom. The van der Waals surface area contributed by atoms with E-state index in [1.807, 2.05) is 30.9 Å². The van der Waals surface area contributed by atoms with Gasteiger partial charge in [0.2, 0.25) is 5.91 Å². The molecule has 4 rings (SSSR count). The molecule has 2 aromatic rings. The van der Waals surface area contributed by atoms with Crippen molar-refractivity contribution in [2.75, 3.05) is 19.6 Å². The summed E-state index contributed by atoms with van der Waals surface area (Å²) in [5, 5.41) is 2.96. The van der Waals surface area contributed by atoms with Crippen molar-refractivity contribution in [3.05, 3.63) is 65.2 Å². The van der Waals surface area contributed by atoms with Gasteiger partial charge >= 0.3 is 0 Å². The van der Waals surface area contributed by atoms with Gasteiger partial charge in [0, 0.05) is 37.4 Å². The van der Waals surface area contributed by atoms with E-state index in [-0.39, 0.29) is 23.5 Å². The lowest BCUT2D eigenvalue weighted by molar-refractivity contribution is -0.137. The number of carbonyl (C=O) groups is 2. The van der Waals surface area contributed by atoms with Gasteiger partial charge in [0.15, 0.2) is 0 Å². The van der Waals surface area contributed by atoms with E-state index in [1.54, 1.807) is 18.3 Å². The predicted octanol–water partition coefficient (Wildman–Crippen LogP) is 4.04. The lowest BCUT2D eigenvalue weighted by Gasteiger charge is -2.37. The van der Waals surface area contributed by atoms with Crippen molar-refractivity contribution in [3.63, 3.8) is 0 Å². The highest BCUT2D eigenvalue weighted by molar-refractivity contribution is 5.93. The van der Waals surface area contributed by atoms with Gasteiger partial charge in [0.25, 0.3) is 5.91 Å². The average Bonchev–Trinajstić information content (AvgIpc) is 3.62. The summed E-state index contributed by atoms with van der Waals surface area (Å²) in [5.74, 6) is 0.444. The number of rotatable bonds is 6. The number of hydrogen-bond acceptors (Lipinski definition) is 3. The van der Waals surface area contributed by atoms with Gasteiger partial charge < -0.3 is 10.2 Å². The van der Waals surface area contributed by atoms with Crippen LogP contribution >= 0.6 is 0 Å². The fourth-order valence-corrected chi connectivity index (χ4v) is 4.23. The molecule has 164 valence electrons. The molecule has 2 amide bonds. The van der Waals surface area contributed by atoms with Gasteiger partial charge in [0.1, 0.15) is 5.82 Å². The second-order valence-corrected chi connectivity index (χ2v) is 9.35. The average molecular weight is 424 g/mol. The lowest BCUT2D eigenvalue weighted by atomic mass is 9.82. The van der Waals surface area contributed by atoms with Crippen molar-refractivity contribution in [2.45, 2.75) is 50.9 Å². The molecule has 2 fully saturated rings. The minimum atomic E-state index is -0.730. The number of piperidine rings is 1. The van der Waals surface area contributed by atoms with Crippen LogP contribution in [0.1, 0.15) is 67.1 Å². The maximum atomic E-state index is 13.3. The number of likely N-dealkylation sites (tertiary alicyclic amines) is 1. The summed E-state index contributed by atoms with van der Waals surface area (Å²) in [7, 11) is 0. The van der Waals surface area contributed by atoms with Gasteiger partial charge in [-0.15, -0.1) is 0 Å². The van der Waals surface area contributed by atoms with E-state index in [9.17, 15) is 14.0 Å². The van der Waals surface area contributed by atoms with Crippen molar-refractivity contribution < 1.29 is 14.0 Å². The molecule has 6 heteroatoms. The van der Waals surface area contributed by atoms with Gasteiger partial charge in [-0.1, -0.05) is 12.1 Å². The first-order valence-electron chi connectivity index (χ1n) is 11.1. The van der Waals surface area contributed by atoms with Gasteiger partial charge in [-0.3, -0.25) is 14.6 Å². The van der Waals surface area contributed by atoms with E-state index in [0.29, 0.717) is 24.6 Å². The van der Waals surface area contributed by atoms with Crippen LogP contribution in [-0.4, -0.2) is 41.3 Å². The number of carbonyl (C=O) groups excluding carboxylic acids is 2. The molecule has 1 aliphatic carbocycles. The molecule has 2 aliphatic rings. The van der Waals surface area contributed by atoms with Crippen LogP contribution in [0.5, 0.6) is 0 Å². The highest BCUT2D eigenvalue weighted by Crippen LogP contribution is 2.31. The molecule has 5 nitrogen and oxygen atoms in total. The first kappa shape index (κ1) is 21.5. The maximum absolute atomic E-state index is 13.3. The fourth-order valence-electron chi connectivity index (χ4n) is 4.23. The Kier molecular flexibility index (Phi) is 6.08. The first-order chi connectivity index (χ1) is 14.8. The highest BCUT2D eigenvalue weighted by Gasteiger charge is 2.36. The van der Waals surface area contributed by atoms with Crippen LogP contribution in [-0.2, 0) is 10.2 Å². The monoisotopic (exact) mass is 423 g/mol. The molecule has 1 N–H and O–H groups in total. The van der Waals surface area contributed by atoms with Gasteiger partial charge in [-0.05, 0) is 75.3 Å². The summed E-state index contributed by atoms with van der Waals surface area (Å²) in [4.78, 5) is 32.0. The number of hydrogen-bond donors (Lipinski definition) is 1. The van der Waals surface area contributed by atoms with Crippen molar-refractivity contribution in [2.24, 2.45) is 5.92 Å². The lowest BCUT2D eigenvalue weighted by Crippen LogP contribution is -2.47. The number of nitrogens with zero attached hydrogens (tertiary/aromatic N) is 2. The Morgan fingerprint density at radius 1 is 1.13 bits per heavy atom. The maximum Gasteiger partial charge on any atom is 0.252 e. The minimum Gasteiger partial charge on any atom is -0.352 e.